The van der Waals surface area contributed by atoms with Crippen molar-refractivity contribution in [3.8, 4) is 9.88 Å². The SMILES string of the molecule is Nc1nc(N)nc(COC(=O)Cc2csc(-c3cccs3)n2)n1. The summed E-state index contributed by atoms with van der Waals surface area (Å²) < 4.78 is 5.11. The van der Waals surface area contributed by atoms with Crippen LogP contribution in [0.5, 0.6) is 0 Å². The van der Waals surface area contributed by atoms with Crippen LogP contribution in [0.25, 0.3) is 9.88 Å². The lowest BCUT2D eigenvalue weighted by Crippen LogP contribution is -2.12. The average molecular weight is 348 g/mol. The van der Waals surface area contributed by atoms with Crippen LogP contribution in [-0.4, -0.2) is 25.9 Å². The highest BCUT2D eigenvalue weighted by Gasteiger charge is 2.12. The van der Waals surface area contributed by atoms with Crippen LogP contribution in [0.3, 0.4) is 0 Å². The van der Waals surface area contributed by atoms with E-state index < -0.39 is 5.97 Å². The molecule has 8 nitrogen and oxygen atoms in total. The molecule has 0 spiro atoms. The smallest absolute Gasteiger partial charge is 0.312 e. The Morgan fingerprint density at radius 2 is 1.91 bits per heavy atom. The molecule has 118 valence electrons. The second kappa shape index (κ2) is 6.67. The third-order valence-electron chi connectivity index (χ3n) is 2.69. The number of nitrogen functional groups attached to an aromatic ring is 2. The van der Waals surface area contributed by atoms with Gasteiger partial charge in [-0.25, -0.2) is 4.98 Å². The molecule has 0 atom stereocenters. The first-order valence-electron chi connectivity index (χ1n) is 6.50. The van der Waals surface area contributed by atoms with Gasteiger partial charge in [0.2, 0.25) is 11.9 Å². The number of anilines is 2. The van der Waals surface area contributed by atoms with Crippen molar-refractivity contribution in [2.45, 2.75) is 13.0 Å². The number of aromatic nitrogens is 4. The highest BCUT2D eigenvalue weighted by molar-refractivity contribution is 7.20. The first kappa shape index (κ1) is 15.3. The fraction of sp³-hybridized carbons (Fsp3) is 0.154. The van der Waals surface area contributed by atoms with Gasteiger partial charge in [-0.3, -0.25) is 4.79 Å². The van der Waals surface area contributed by atoms with E-state index in [2.05, 4.69) is 19.9 Å². The summed E-state index contributed by atoms with van der Waals surface area (Å²) in [6, 6.07) is 3.95. The summed E-state index contributed by atoms with van der Waals surface area (Å²) in [5, 5.41) is 4.72. The quantitative estimate of drug-likeness (QED) is 0.664. The maximum absolute atomic E-state index is 11.9. The number of carbonyl (C=O) groups excluding carboxylic acids is 1. The van der Waals surface area contributed by atoms with Gasteiger partial charge in [0, 0.05) is 5.38 Å². The molecule has 3 aromatic heterocycles. The molecule has 0 amide bonds. The third kappa shape index (κ3) is 3.99. The largest absolute Gasteiger partial charge is 0.457 e. The van der Waals surface area contributed by atoms with Crippen LogP contribution in [-0.2, 0) is 22.6 Å². The standard InChI is InChI=1S/C13H12N6O2S2/c14-12-17-9(18-13(15)19-12)5-21-10(20)4-7-6-23-11(16-7)8-2-1-3-22-8/h1-3,6H,4-5H2,(H4,14,15,17,18,19). The minimum atomic E-state index is -0.425. The van der Waals surface area contributed by atoms with Crippen LogP contribution < -0.4 is 11.5 Å². The van der Waals surface area contributed by atoms with Crippen molar-refractivity contribution in [1.82, 2.24) is 19.9 Å². The molecule has 23 heavy (non-hydrogen) atoms. The third-order valence-corrected chi connectivity index (χ3v) is 4.62. The highest BCUT2D eigenvalue weighted by Crippen LogP contribution is 2.27. The summed E-state index contributed by atoms with van der Waals surface area (Å²) in [6.07, 6.45) is 0.0813. The molecule has 0 saturated heterocycles. The Hall–Kier alpha value is -2.59. The van der Waals surface area contributed by atoms with Crippen molar-refractivity contribution in [2.24, 2.45) is 0 Å². The molecule has 0 aliphatic heterocycles. The van der Waals surface area contributed by atoms with Gasteiger partial charge in [0.05, 0.1) is 17.0 Å². The highest BCUT2D eigenvalue weighted by atomic mass is 32.1. The maximum Gasteiger partial charge on any atom is 0.312 e. The molecule has 4 N–H and O–H groups in total. The van der Waals surface area contributed by atoms with Crippen molar-refractivity contribution < 1.29 is 9.53 Å². The first-order valence-corrected chi connectivity index (χ1v) is 8.26. The molecule has 3 rings (SSSR count). The number of nitrogens with two attached hydrogens (primary N) is 2. The van der Waals surface area contributed by atoms with Gasteiger partial charge < -0.3 is 16.2 Å². The van der Waals surface area contributed by atoms with Gasteiger partial charge in [-0.05, 0) is 11.4 Å². The summed E-state index contributed by atoms with van der Waals surface area (Å²) in [5.74, 6) is -0.237. The van der Waals surface area contributed by atoms with E-state index in [4.69, 9.17) is 16.2 Å². The molecule has 3 aromatic rings. The summed E-state index contributed by atoms with van der Waals surface area (Å²) in [7, 11) is 0. The zero-order chi connectivity index (χ0) is 16.2. The molecule has 0 saturated carbocycles. The van der Waals surface area contributed by atoms with Crippen molar-refractivity contribution in [2.75, 3.05) is 11.5 Å². The Kier molecular flexibility index (Phi) is 4.44. The molecule has 3 heterocycles. The number of thiazole rings is 1. The van der Waals surface area contributed by atoms with E-state index in [1.165, 1.54) is 11.3 Å². The summed E-state index contributed by atoms with van der Waals surface area (Å²) in [4.78, 5) is 28.7. The Morgan fingerprint density at radius 3 is 2.61 bits per heavy atom. The lowest BCUT2D eigenvalue weighted by Gasteiger charge is -2.03. The number of carbonyl (C=O) groups is 1. The average Bonchev–Trinajstić information content (AvgIpc) is 3.14. The Bertz CT molecular complexity index is 797. The maximum atomic E-state index is 11.9. The zero-order valence-electron chi connectivity index (χ0n) is 11.8. The second-order valence-corrected chi connectivity index (χ2v) is 6.23. The topological polar surface area (TPSA) is 130 Å². The monoisotopic (exact) mass is 348 g/mol. The van der Waals surface area contributed by atoms with E-state index in [1.807, 2.05) is 22.9 Å². The zero-order valence-corrected chi connectivity index (χ0v) is 13.4. The molecule has 10 heteroatoms. The van der Waals surface area contributed by atoms with Crippen LogP contribution >= 0.6 is 22.7 Å². The van der Waals surface area contributed by atoms with Gasteiger partial charge >= 0.3 is 5.97 Å². The fourth-order valence-corrected chi connectivity index (χ4v) is 3.40. The van der Waals surface area contributed by atoms with Crippen molar-refractivity contribution in [1.29, 1.82) is 0 Å². The number of ether oxygens (including phenoxy) is 1. The molecular formula is C13H12N6O2S2. The van der Waals surface area contributed by atoms with E-state index in [0.29, 0.717) is 5.69 Å². The molecule has 0 aliphatic carbocycles. The van der Waals surface area contributed by atoms with Gasteiger partial charge in [-0.2, -0.15) is 15.0 Å². The molecule has 0 bridgehead atoms. The first-order chi connectivity index (χ1) is 11.1. The number of nitrogens with zero attached hydrogens (tertiary/aromatic N) is 4. The molecule has 0 radical (unpaired) electrons. The molecular weight excluding hydrogens is 336 g/mol. The Morgan fingerprint density at radius 1 is 1.13 bits per heavy atom. The van der Waals surface area contributed by atoms with E-state index in [9.17, 15) is 4.79 Å². The normalized spacial score (nSPS) is 10.6. The van der Waals surface area contributed by atoms with Gasteiger partial charge in [-0.15, -0.1) is 22.7 Å². The van der Waals surface area contributed by atoms with Gasteiger partial charge in [0.25, 0.3) is 0 Å². The van der Waals surface area contributed by atoms with Crippen LogP contribution in [0.4, 0.5) is 11.9 Å². The van der Waals surface area contributed by atoms with Crippen molar-refractivity contribution >= 4 is 40.5 Å². The Labute approximate surface area is 139 Å². The van der Waals surface area contributed by atoms with Gasteiger partial charge in [0.1, 0.15) is 5.01 Å². The van der Waals surface area contributed by atoms with Crippen LogP contribution in [0.15, 0.2) is 22.9 Å². The summed E-state index contributed by atoms with van der Waals surface area (Å²) in [5.41, 5.74) is 11.6. The minimum Gasteiger partial charge on any atom is -0.457 e. The molecule has 0 fully saturated rings. The number of esters is 1. The van der Waals surface area contributed by atoms with Crippen LogP contribution in [0.2, 0.25) is 0 Å². The number of hydrogen-bond acceptors (Lipinski definition) is 10. The predicted octanol–water partition coefficient (Wildman–Crippen LogP) is 1.51. The van der Waals surface area contributed by atoms with Crippen molar-refractivity contribution in [3.63, 3.8) is 0 Å². The van der Waals surface area contributed by atoms with Crippen LogP contribution in [0, 0.1) is 0 Å². The van der Waals surface area contributed by atoms with E-state index in [-0.39, 0.29) is 30.7 Å². The van der Waals surface area contributed by atoms with Gasteiger partial charge in [-0.1, -0.05) is 6.07 Å². The second-order valence-electron chi connectivity index (χ2n) is 4.43. The lowest BCUT2D eigenvalue weighted by molar-refractivity contribution is -0.144. The van der Waals surface area contributed by atoms with E-state index in [0.717, 1.165) is 9.88 Å². The molecule has 0 unspecified atom stereocenters. The van der Waals surface area contributed by atoms with Crippen molar-refractivity contribution in [3.05, 3.63) is 34.4 Å². The van der Waals surface area contributed by atoms with E-state index >= 15 is 0 Å². The number of thiophene rings is 1. The number of rotatable bonds is 5. The van der Waals surface area contributed by atoms with Crippen LogP contribution in [0.1, 0.15) is 11.5 Å². The lowest BCUT2D eigenvalue weighted by atomic mass is 10.3. The van der Waals surface area contributed by atoms with Gasteiger partial charge in [0.15, 0.2) is 12.4 Å². The summed E-state index contributed by atoms with van der Waals surface area (Å²) >= 11 is 3.10. The molecule has 0 aliphatic rings. The summed E-state index contributed by atoms with van der Waals surface area (Å²) in [6.45, 7) is -0.113. The molecule has 0 aromatic carbocycles. The predicted molar refractivity (Wildman–Crippen MR) is 87.6 cm³/mol. The fourth-order valence-electron chi connectivity index (χ4n) is 1.77. The number of hydrogen-bond donors (Lipinski definition) is 2. The Balaban J connectivity index is 1.57. The minimum absolute atomic E-state index is 0.0105. The van der Waals surface area contributed by atoms with E-state index in [1.54, 1.807) is 11.3 Å².